The molecule has 19 heavy (non-hydrogen) atoms. The van der Waals surface area contributed by atoms with Gasteiger partial charge in [-0.3, -0.25) is 0 Å². The summed E-state index contributed by atoms with van der Waals surface area (Å²) in [6, 6.07) is 6.19. The Kier molecular flexibility index (Phi) is 3.41. The highest BCUT2D eigenvalue weighted by atomic mass is 35.5. The van der Waals surface area contributed by atoms with Crippen LogP contribution in [0.1, 0.15) is 5.56 Å². The van der Waals surface area contributed by atoms with Crippen LogP contribution in [0.3, 0.4) is 0 Å². The molecule has 0 spiro atoms. The van der Waals surface area contributed by atoms with Crippen molar-refractivity contribution in [3.05, 3.63) is 52.8 Å². The minimum absolute atomic E-state index is 0.0582. The molecule has 100 valence electrons. The van der Waals surface area contributed by atoms with E-state index in [1.165, 1.54) is 12.1 Å². The molecule has 0 amide bonds. The first-order chi connectivity index (χ1) is 8.77. The van der Waals surface area contributed by atoms with Gasteiger partial charge in [-0.15, -0.1) is 0 Å². The molecule has 0 radical (unpaired) electrons. The molecular formula is C13H7ClF4O. The zero-order valence-corrected chi connectivity index (χ0v) is 10.1. The quantitative estimate of drug-likeness (QED) is 0.743. The summed E-state index contributed by atoms with van der Waals surface area (Å²) in [5.74, 6) is -1.28. The fraction of sp³-hybridized carbons (Fsp3) is 0.0769. The number of benzene rings is 2. The minimum atomic E-state index is -4.58. The Morgan fingerprint density at radius 3 is 2.21 bits per heavy atom. The van der Waals surface area contributed by atoms with Crippen LogP contribution < -0.4 is 0 Å². The minimum Gasteiger partial charge on any atom is -0.508 e. The molecule has 0 bridgehead atoms. The molecule has 0 heterocycles. The Hall–Kier alpha value is -1.75. The van der Waals surface area contributed by atoms with Gasteiger partial charge in [-0.05, 0) is 41.5 Å². The summed E-state index contributed by atoms with van der Waals surface area (Å²) in [6.07, 6.45) is -4.58. The molecule has 0 aliphatic heterocycles. The second kappa shape index (κ2) is 4.74. The molecular weight excluding hydrogens is 284 g/mol. The van der Waals surface area contributed by atoms with E-state index in [0.717, 1.165) is 18.2 Å². The second-order valence-corrected chi connectivity index (χ2v) is 4.30. The molecule has 2 aromatic rings. The third kappa shape index (κ3) is 2.98. The number of aromatic hydroxyl groups is 1. The first-order valence-corrected chi connectivity index (χ1v) is 5.52. The van der Waals surface area contributed by atoms with E-state index in [9.17, 15) is 22.7 Å². The van der Waals surface area contributed by atoms with E-state index in [1.807, 2.05) is 0 Å². The van der Waals surface area contributed by atoms with Crippen LogP contribution in [0.25, 0.3) is 11.1 Å². The molecule has 0 saturated heterocycles. The number of phenolic OH excluding ortho intramolecular Hbond substituents is 1. The lowest BCUT2D eigenvalue weighted by Crippen LogP contribution is -2.04. The van der Waals surface area contributed by atoms with Crippen LogP contribution in [0, 0.1) is 5.82 Å². The standard InChI is InChI=1S/C13H7ClF4O/c14-11-2-1-7(5-12(11)15)8-3-9(13(16,17)18)6-10(19)4-8/h1-6,19H. The smallest absolute Gasteiger partial charge is 0.416 e. The Morgan fingerprint density at radius 2 is 1.63 bits per heavy atom. The number of halogens is 5. The summed E-state index contributed by atoms with van der Waals surface area (Å²) >= 11 is 5.50. The molecule has 0 atom stereocenters. The zero-order valence-electron chi connectivity index (χ0n) is 9.30. The largest absolute Gasteiger partial charge is 0.508 e. The highest BCUT2D eigenvalue weighted by Crippen LogP contribution is 2.35. The van der Waals surface area contributed by atoms with Crippen LogP contribution in [-0.4, -0.2) is 5.11 Å². The topological polar surface area (TPSA) is 20.2 Å². The maximum atomic E-state index is 13.3. The van der Waals surface area contributed by atoms with E-state index in [0.29, 0.717) is 6.07 Å². The Bertz CT molecular complexity index is 623. The van der Waals surface area contributed by atoms with Crippen molar-refractivity contribution >= 4 is 11.6 Å². The maximum absolute atomic E-state index is 13.3. The summed E-state index contributed by atoms with van der Waals surface area (Å²) < 4.78 is 51.1. The van der Waals surface area contributed by atoms with E-state index in [4.69, 9.17) is 11.6 Å². The third-order valence-electron chi connectivity index (χ3n) is 2.50. The van der Waals surface area contributed by atoms with Crippen LogP contribution in [0.15, 0.2) is 36.4 Å². The van der Waals surface area contributed by atoms with Crippen molar-refractivity contribution in [1.82, 2.24) is 0 Å². The molecule has 0 saturated carbocycles. The first-order valence-electron chi connectivity index (χ1n) is 5.14. The van der Waals surface area contributed by atoms with Crippen molar-refractivity contribution in [1.29, 1.82) is 0 Å². The lowest BCUT2D eigenvalue weighted by atomic mass is 10.0. The summed E-state index contributed by atoms with van der Waals surface area (Å²) in [5.41, 5.74) is -0.746. The van der Waals surface area contributed by atoms with Crippen LogP contribution >= 0.6 is 11.6 Å². The summed E-state index contributed by atoms with van der Waals surface area (Å²) in [7, 11) is 0. The predicted molar refractivity (Wildman–Crippen MR) is 63.5 cm³/mol. The Morgan fingerprint density at radius 1 is 0.947 bits per heavy atom. The maximum Gasteiger partial charge on any atom is 0.416 e. The third-order valence-corrected chi connectivity index (χ3v) is 2.80. The monoisotopic (exact) mass is 290 g/mol. The van der Waals surface area contributed by atoms with Gasteiger partial charge in [0, 0.05) is 0 Å². The van der Waals surface area contributed by atoms with Crippen LogP contribution in [0.4, 0.5) is 17.6 Å². The zero-order chi connectivity index (χ0) is 14.2. The highest BCUT2D eigenvalue weighted by Gasteiger charge is 2.31. The van der Waals surface area contributed by atoms with Gasteiger partial charge in [0.05, 0.1) is 10.6 Å². The number of alkyl halides is 3. The lowest BCUT2D eigenvalue weighted by Gasteiger charge is -2.10. The molecule has 0 aliphatic rings. The number of rotatable bonds is 1. The van der Waals surface area contributed by atoms with Gasteiger partial charge < -0.3 is 5.11 Å². The van der Waals surface area contributed by atoms with Crippen molar-refractivity contribution in [2.24, 2.45) is 0 Å². The van der Waals surface area contributed by atoms with Gasteiger partial charge in [0.25, 0.3) is 0 Å². The van der Waals surface area contributed by atoms with Crippen molar-refractivity contribution in [3.63, 3.8) is 0 Å². The fourth-order valence-electron chi connectivity index (χ4n) is 1.62. The van der Waals surface area contributed by atoms with E-state index in [2.05, 4.69) is 0 Å². The molecule has 2 rings (SSSR count). The number of hydrogen-bond acceptors (Lipinski definition) is 1. The van der Waals surface area contributed by atoms with Gasteiger partial charge in [0.1, 0.15) is 11.6 Å². The normalized spacial score (nSPS) is 11.6. The molecule has 2 aromatic carbocycles. The Labute approximate surface area is 111 Å². The fourth-order valence-corrected chi connectivity index (χ4v) is 1.73. The van der Waals surface area contributed by atoms with E-state index in [-0.39, 0.29) is 16.1 Å². The number of phenols is 1. The SMILES string of the molecule is Oc1cc(-c2ccc(Cl)c(F)c2)cc(C(F)(F)F)c1. The van der Waals surface area contributed by atoms with Gasteiger partial charge >= 0.3 is 6.18 Å². The second-order valence-electron chi connectivity index (χ2n) is 3.90. The summed E-state index contributed by atoms with van der Waals surface area (Å²) in [4.78, 5) is 0. The lowest BCUT2D eigenvalue weighted by molar-refractivity contribution is -0.137. The van der Waals surface area contributed by atoms with Gasteiger partial charge in [-0.2, -0.15) is 13.2 Å². The first kappa shape index (κ1) is 13.7. The molecule has 0 aromatic heterocycles. The van der Waals surface area contributed by atoms with E-state index < -0.39 is 23.3 Å². The van der Waals surface area contributed by atoms with Gasteiger partial charge in [-0.1, -0.05) is 17.7 Å². The van der Waals surface area contributed by atoms with Crippen LogP contribution in [-0.2, 0) is 6.18 Å². The van der Waals surface area contributed by atoms with Crippen LogP contribution in [0.5, 0.6) is 5.75 Å². The molecule has 1 N–H and O–H groups in total. The van der Waals surface area contributed by atoms with Gasteiger partial charge in [0.2, 0.25) is 0 Å². The molecule has 1 nitrogen and oxygen atoms in total. The van der Waals surface area contributed by atoms with E-state index >= 15 is 0 Å². The van der Waals surface area contributed by atoms with Crippen LogP contribution in [0.2, 0.25) is 5.02 Å². The van der Waals surface area contributed by atoms with Crippen molar-refractivity contribution < 1.29 is 22.7 Å². The average Bonchev–Trinajstić information content (AvgIpc) is 2.31. The van der Waals surface area contributed by atoms with Gasteiger partial charge in [0.15, 0.2) is 0 Å². The molecule has 0 unspecified atom stereocenters. The Balaban J connectivity index is 2.56. The van der Waals surface area contributed by atoms with Crippen molar-refractivity contribution in [2.75, 3.05) is 0 Å². The highest BCUT2D eigenvalue weighted by molar-refractivity contribution is 6.30. The van der Waals surface area contributed by atoms with E-state index in [1.54, 1.807) is 0 Å². The van der Waals surface area contributed by atoms with Gasteiger partial charge in [-0.25, -0.2) is 4.39 Å². The molecule has 0 fully saturated rings. The molecule has 6 heteroatoms. The van der Waals surface area contributed by atoms with Crippen molar-refractivity contribution in [3.8, 4) is 16.9 Å². The number of hydrogen-bond donors (Lipinski definition) is 1. The van der Waals surface area contributed by atoms with Crippen molar-refractivity contribution in [2.45, 2.75) is 6.18 Å². The average molecular weight is 291 g/mol. The summed E-state index contributed by atoms with van der Waals surface area (Å²) in [5, 5.41) is 9.20. The predicted octanol–water partition coefficient (Wildman–Crippen LogP) is 4.87. The summed E-state index contributed by atoms with van der Waals surface area (Å²) in [6.45, 7) is 0. The molecule has 0 aliphatic carbocycles.